The van der Waals surface area contributed by atoms with Gasteiger partial charge in [-0.1, -0.05) is 42.5 Å². The summed E-state index contributed by atoms with van der Waals surface area (Å²) in [4.78, 5) is -0.454. The second-order valence-corrected chi connectivity index (χ2v) is 7.65. The maximum Gasteiger partial charge on any atom is 0.209 e. The monoisotopic (exact) mass is 386 g/mol. The second kappa shape index (κ2) is 7.72. The maximum atomic E-state index is 14.3. The average Bonchev–Trinajstić information content (AvgIpc) is 2.68. The Morgan fingerprint density at radius 2 is 1.37 bits per heavy atom. The molecule has 27 heavy (non-hydrogen) atoms. The lowest BCUT2D eigenvalue weighted by atomic mass is 10.1. The minimum absolute atomic E-state index is 0.0198. The average molecular weight is 386 g/mol. The van der Waals surface area contributed by atoms with Crippen LogP contribution >= 0.6 is 0 Å². The Bertz CT molecular complexity index is 1070. The lowest BCUT2D eigenvalue weighted by Gasteiger charge is -2.09. The van der Waals surface area contributed by atoms with Gasteiger partial charge in [0, 0.05) is 0 Å². The maximum absolute atomic E-state index is 14.3. The van der Waals surface area contributed by atoms with Crippen LogP contribution in [-0.4, -0.2) is 15.5 Å². The Labute approximate surface area is 156 Å². The topological polar surface area (TPSA) is 43.4 Å². The fourth-order valence-electron chi connectivity index (χ4n) is 2.51. The third-order valence-corrected chi connectivity index (χ3v) is 5.75. The van der Waals surface area contributed by atoms with E-state index in [0.29, 0.717) is 0 Å². The van der Waals surface area contributed by atoms with E-state index >= 15 is 0 Å². The normalized spacial score (nSPS) is 11.7. The molecule has 3 aromatic rings. The highest BCUT2D eigenvalue weighted by atomic mass is 32.2. The van der Waals surface area contributed by atoms with Gasteiger partial charge in [-0.2, -0.15) is 0 Å². The van der Waals surface area contributed by atoms with Gasteiger partial charge in [-0.3, -0.25) is 0 Å². The van der Waals surface area contributed by atoms with E-state index in [4.69, 9.17) is 4.74 Å². The highest BCUT2D eigenvalue weighted by molar-refractivity contribution is 7.91. The Balaban J connectivity index is 1.87. The van der Waals surface area contributed by atoms with E-state index in [1.54, 1.807) is 36.4 Å². The summed E-state index contributed by atoms with van der Waals surface area (Å²) in [7, 11) is -2.74. The van der Waals surface area contributed by atoms with Gasteiger partial charge in [-0.05, 0) is 47.5 Å². The molecule has 0 aliphatic heterocycles. The third kappa shape index (κ3) is 4.06. The van der Waals surface area contributed by atoms with Crippen molar-refractivity contribution in [3.8, 4) is 5.75 Å². The number of benzene rings is 3. The number of hydrogen-bond acceptors (Lipinski definition) is 3. The predicted molar refractivity (Wildman–Crippen MR) is 100 cm³/mol. The minimum atomic E-state index is -4.01. The van der Waals surface area contributed by atoms with Crippen LogP contribution in [0.5, 0.6) is 5.75 Å². The van der Waals surface area contributed by atoms with E-state index in [9.17, 15) is 17.2 Å². The molecule has 3 rings (SSSR count). The molecule has 6 heteroatoms. The van der Waals surface area contributed by atoms with E-state index in [-0.39, 0.29) is 16.5 Å². The summed E-state index contributed by atoms with van der Waals surface area (Å²) in [5.41, 5.74) is 1.57. The molecule has 0 saturated carbocycles. The molecule has 0 saturated heterocycles. The molecule has 0 atom stereocenters. The van der Waals surface area contributed by atoms with E-state index in [1.807, 2.05) is 0 Å². The van der Waals surface area contributed by atoms with Gasteiger partial charge < -0.3 is 4.74 Å². The summed E-state index contributed by atoms with van der Waals surface area (Å²) in [6, 6.07) is 16.0. The molecule has 0 aromatic heterocycles. The van der Waals surface area contributed by atoms with Gasteiger partial charge in [0.15, 0.2) is 11.6 Å². The molecule has 0 heterocycles. The molecule has 0 aliphatic carbocycles. The Kier molecular flexibility index (Phi) is 5.37. The van der Waals surface area contributed by atoms with Gasteiger partial charge in [0.2, 0.25) is 9.84 Å². The molecule has 0 bridgehead atoms. The van der Waals surface area contributed by atoms with Crippen molar-refractivity contribution in [2.45, 2.75) is 9.79 Å². The highest BCUT2D eigenvalue weighted by Crippen LogP contribution is 2.28. The van der Waals surface area contributed by atoms with Crippen molar-refractivity contribution < 1.29 is 21.9 Å². The molecule has 0 aliphatic rings. The van der Waals surface area contributed by atoms with Gasteiger partial charge in [-0.15, -0.1) is 0 Å². The first-order chi connectivity index (χ1) is 12.9. The number of hydrogen-bond donors (Lipinski definition) is 0. The molecular formula is C21H16F2O3S. The first-order valence-electron chi connectivity index (χ1n) is 8.03. The lowest BCUT2D eigenvalue weighted by Crippen LogP contribution is -2.05. The molecule has 3 aromatic carbocycles. The van der Waals surface area contributed by atoms with Crippen LogP contribution in [0, 0.1) is 11.6 Å². The van der Waals surface area contributed by atoms with Gasteiger partial charge in [0.05, 0.1) is 12.0 Å². The van der Waals surface area contributed by atoms with Crippen molar-refractivity contribution in [3.05, 3.63) is 89.5 Å². The third-order valence-electron chi connectivity index (χ3n) is 3.97. The summed E-state index contributed by atoms with van der Waals surface area (Å²) in [5.74, 6) is -1.36. The fraction of sp³-hybridized carbons (Fsp3) is 0.0476. The van der Waals surface area contributed by atoms with Crippen molar-refractivity contribution in [2.24, 2.45) is 0 Å². The van der Waals surface area contributed by atoms with Gasteiger partial charge in [-0.25, -0.2) is 17.2 Å². The van der Waals surface area contributed by atoms with Crippen LogP contribution in [0.3, 0.4) is 0 Å². The zero-order valence-corrected chi connectivity index (χ0v) is 15.2. The Morgan fingerprint density at radius 1 is 0.815 bits per heavy atom. The Hall–Kier alpha value is -2.99. The van der Waals surface area contributed by atoms with Crippen LogP contribution in [0.1, 0.15) is 11.1 Å². The summed E-state index contributed by atoms with van der Waals surface area (Å²) >= 11 is 0. The summed E-state index contributed by atoms with van der Waals surface area (Å²) in [6.45, 7) is 0. The largest absolute Gasteiger partial charge is 0.494 e. The van der Waals surface area contributed by atoms with E-state index < -0.39 is 20.5 Å². The molecule has 0 spiro atoms. The first-order valence-corrected chi connectivity index (χ1v) is 9.51. The highest BCUT2D eigenvalue weighted by Gasteiger charge is 2.23. The summed E-state index contributed by atoms with van der Waals surface area (Å²) in [5, 5.41) is 0. The van der Waals surface area contributed by atoms with Crippen molar-refractivity contribution in [1.29, 1.82) is 0 Å². The van der Waals surface area contributed by atoms with Crippen molar-refractivity contribution >= 4 is 22.0 Å². The Morgan fingerprint density at radius 3 is 1.93 bits per heavy atom. The molecule has 0 unspecified atom stereocenters. The number of halogens is 2. The minimum Gasteiger partial charge on any atom is -0.494 e. The van der Waals surface area contributed by atoms with Crippen molar-refractivity contribution in [2.75, 3.05) is 7.11 Å². The van der Waals surface area contributed by atoms with E-state index in [2.05, 4.69) is 0 Å². The van der Waals surface area contributed by atoms with Crippen LogP contribution in [0.2, 0.25) is 0 Å². The first kappa shape index (κ1) is 18.8. The molecule has 0 N–H and O–H groups in total. The molecule has 138 valence electrons. The van der Waals surface area contributed by atoms with Crippen LogP contribution in [0.25, 0.3) is 12.2 Å². The van der Waals surface area contributed by atoms with Crippen LogP contribution < -0.4 is 4.74 Å². The standard InChI is InChI=1S/C21H16F2O3S/c1-26-19-3-2-4-20(21(19)23)27(24,25)18-13-9-16(10-14-18)6-5-15-7-11-17(22)12-8-15/h2-14H,1H3. The predicted octanol–water partition coefficient (Wildman–Crippen LogP) is 4.98. The zero-order valence-electron chi connectivity index (χ0n) is 14.4. The zero-order chi connectivity index (χ0) is 19.4. The molecule has 0 fully saturated rings. The van der Waals surface area contributed by atoms with Crippen molar-refractivity contribution in [3.63, 3.8) is 0 Å². The molecule has 0 amide bonds. The van der Waals surface area contributed by atoms with Gasteiger partial charge in [0.1, 0.15) is 10.7 Å². The van der Waals surface area contributed by atoms with Crippen LogP contribution in [-0.2, 0) is 9.84 Å². The number of sulfone groups is 1. The quantitative estimate of drug-likeness (QED) is 0.581. The number of methoxy groups -OCH3 is 1. The SMILES string of the molecule is COc1cccc(S(=O)(=O)c2ccc(C=Cc3ccc(F)cc3)cc2)c1F. The van der Waals surface area contributed by atoms with Crippen LogP contribution in [0.4, 0.5) is 8.78 Å². The fourth-order valence-corrected chi connectivity index (χ4v) is 3.85. The number of ether oxygens (including phenoxy) is 1. The van der Waals surface area contributed by atoms with E-state index in [0.717, 1.165) is 11.1 Å². The van der Waals surface area contributed by atoms with Crippen LogP contribution in [0.15, 0.2) is 76.5 Å². The molecule has 0 radical (unpaired) electrons. The van der Waals surface area contributed by atoms with E-state index in [1.165, 1.54) is 49.6 Å². The summed E-state index contributed by atoms with van der Waals surface area (Å²) < 4.78 is 57.5. The van der Waals surface area contributed by atoms with Gasteiger partial charge >= 0.3 is 0 Å². The second-order valence-electron chi connectivity index (χ2n) is 5.73. The van der Waals surface area contributed by atoms with Gasteiger partial charge in [0.25, 0.3) is 0 Å². The summed E-state index contributed by atoms with van der Waals surface area (Å²) in [6.07, 6.45) is 3.56. The lowest BCUT2D eigenvalue weighted by molar-refractivity contribution is 0.380. The molecule has 3 nitrogen and oxygen atoms in total. The molecular weight excluding hydrogens is 370 g/mol. The number of rotatable bonds is 5. The smallest absolute Gasteiger partial charge is 0.209 e. The van der Waals surface area contributed by atoms with Crippen molar-refractivity contribution in [1.82, 2.24) is 0 Å².